The molecule has 1 heterocycles. The van der Waals surface area contributed by atoms with Gasteiger partial charge < -0.3 is 15.2 Å². The van der Waals surface area contributed by atoms with Crippen LogP contribution < -0.4 is 5.32 Å². The molecule has 1 aromatic rings. The highest BCUT2D eigenvalue weighted by Crippen LogP contribution is 2.23. The average molecular weight is 211 g/mol. The van der Waals surface area contributed by atoms with Gasteiger partial charge >= 0.3 is 0 Å². The fourth-order valence-electron chi connectivity index (χ4n) is 1.79. The molecule has 2 rings (SSSR count). The largest absolute Gasteiger partial charge is 0.395 e. The Morgan fingerprint density at radius 2 is 2.13 bits per heavy atom. The van der Waals surface area contributed by atoms with Gasteiger partial charge in [0.1, 0.15) is 11.9 Å². The van der Waals surface area contributed by atoms with Gasteiger partial charge in [-0.15, -0.1) is 0 Å². The van der Waals surface area contributed by atoms with E-state index >= 15 is 0 Å². The summed E-state index contributed by atoms with van der Waals surface area (Å²) in [5.41, 5.74) is 0.891. The fraction of sp³-hybridized carbons (Fsp3) is 0.455. The summed E-state index contributed by atoms with van der Waals surface area (Å²) in [7, 11) is 0. The molecule has 1 aromatic carbocycles. The average Bonchev–Trinajstić information content (AvgIpc) is 2.30. The smallest absolute Gasteiger partial charge is 0.123 e. The topological polar surface area (TPSA) is 41.5 Å². The van der Waals surface area contributed by atoms with Gasteiger partial charge in [0.2, 0.25) is 0 Å². The molecule has 0 unspecified atom stereocenters. The Morgan fingerprint density at radius 3 is 2.80 bits per heavy atom. The lowest BCUT2D eigenvalue weighted by atomic mass is 10.0. The number of benzene rings is 1. The van der Waals surface area contributed by atoms with Gasteiger partial charge in [-0.2, -0.15) is 0 Å². The minimum absolute atomic E-state index is 0.0159. The van der Waals surface area contributed by atoms with Crippen LogP contribution in [0.4, 0.5) is 4.39 Å². The lowest BCUT2D eigenvalue weighted by Gasteiger charge is -2.31. The van der Waals surface area contributed by atoms with Gasteiger partial charge in [-0.3, -0.25) is 0 Å². The molecule has 0 aromatic heterocycles. The van der Waals surface area contributed by atoms with Crippen LogP contribution in [-0.2, 0) is 4.74 Å². The first-order valence-corrected chi connectivity index (χ1v) is 5.02. The molecule has 4 heteroatoms. The van der Waals surface area contributed by atoms with E-state index in [1.54, 1.807) is 12.1 Å². The SMILES string of the molecule is OC[C@H]1NCCO[C@@H]1c1ccc(F)cc1. The summed E-state index contributed by atoms with van der Waals surface area (Å²) in [5, 5.41) is 12.3. The van der Waals surface area contributed by atoms with Gasteiger partial charge in [0.15, 0.2) is 0 Å². The maximum absolute atomic E-state index is 12.7. The Hall–Kier alpha value is -0.970. The second kappa shape index (κ2) is 4.70. The van der Waals surface area contributed by atoms with Crippen molar-refractivity contribution in [1.82, 2.24) is 5.32 Å². The molecule has 0 amide bonds. The van der Waals surface area contributed by atoms with E-state index in [2.05, 4.69) is 5.32 Å². The summed E-state index contributed by atoms with van der Waals surface area (Å²) >= 11 is 0. The van der Waals surface area contributed by atoms with Crippen LogP contribution in [0.1, 0.15) is 11.7 Å². The van der Waals surface area contributed by atoms with Crippen molar-refractivity contribution in [2.24, 2.45) is 0 Å². The number of nitrogens with one attached hydrogen (secondary N) is 1. The van der Waals surface area contributed by atoms with E-state index in [4.69, 9.17) is 9.84 Å². The minimum Gasteiger partial charge on any atom is -0.395 e. The van der Waals surface area contributed by atoms with Crippen molar-refractivity contribution < 1.29 is 14.2 Å². The second-order valence-corrected chi connectivity index (χ2v) is 3.59. The summed E-state index contributed by atoms with van der Waals surface area (Å²) in [6.07, 6.45) is -0.190. The number of halogens is 1. The van der Waals surface area contributed by atoms with E-state index in [1.807, 2.05) is 0 Å². The van der Waals surface area contributed by atoms with E-state index < -0.39 is 0 Å². The number of hydrogen-bond acceptors (Lipinski definition) is 3. The lowest BCUT2D eigenvalue weighted by Crippen LogP contribution is -2.45. The normalized spacial score (nSPS) is 26.5. The van der Waals surface area contributed by atoms with Crippen molar-refractivity contribution in [3.05, 3.63) is 35.6 Å². The molecular weight excluding hydrogens is 197 g/mol. The molecule has 1 aliphatic rings. The van der Waals surface area contributed by atoms with Crippen LogP contribution in [0.15, 0.2) is 24.3 Å². The van der Waals surface area contributed by atoms with E-state index in [1.165, 1.54) is 12.1 Å². The molecule has 0 spiro atoms. The highest BCUT2D eigenvalue weighted by molar-refractivity contribution is 5.20. The fourth-order valence-corrected chi connectivity index (χ4v) is 1.79. The molecule has 1 aliphatic heterocycles. The monoisotopic (exact) mass is 211 g/mol. The van der Waals surface area contributed by atoms with Crippen LogP contribution in [0.3, 0.4) is 0 Å². The third-order valence-corrected chi connectivity index (χ3v) is 2.57. The van der Waals surface area contributed by atoms with Crippen molar-refractivity contribution in [3.63, 3.8) is 0 Å². The van der Waals surface area contributed by atoms with Gasteiger partial charge in [-0.05, 0) is 17.7 Å². The standard InChI is InChI=1S/C11H14FNO2/c12-9-3-1-8(2-4-9)11-10(7-14)13-5-6-15-11/h1-4,10-11,13-14H,5-7H2/t10-,11-/m1/s1. The van der Waals surface area contributed by atoms with E-state index in [0.717, 1.165) is 12.1 Å². The van der Waals surface area contributed by atoms with Gasteiger partial charge in [0.25, 0.3) is 0 Å². The molecule has 2 atom stereocenters. The molecule has 0 saturated carbocycles. The quantitative estimate of drug-likeness (QED) is 0.762. The van der Waals surface area contributed by atoms with Crippen molar-refractivity contribution in [2.45, 2.75) is 12.1 Å². The molecule has 3 nitrogen and oxygen atoms in total. The van der Waals surface area contributed by atoms with Crippen molar-refractivity contribution in [2.75, 3.05) is 19.8 Å². The summed E-state index contributed by atoms with van der Waals surface area (Å²) in [5.74, 6) is -0.261. The molecule has 1 saturated heterocycles. The summed E-state index contributed by atoms with van der Waals surface area (Å²) < 4.78 is 18.3. The van der Waals surface area contributed by atoms with Gasteiger partial charge in [0.05, 0.1) is 19.3 Å². The van der Waals surface area contributed by atoms with Crippen molar-refractivity contribution >= 4 is 0 Å². The lowest BCUT2D eigenvalue weighted by molar-refractivity contribution is -0.0210. The number of aliphatic hydroxyl groups excluding tert-OH is 1. The third kappa shape index (κ3) is 2.34. The van der Waals surface area contributed by atoms with Crippen LogP contribution in [-0.4, -0.2) is 30.9 Å². The predicted octanol–water partition coefficient (Wildman–Crippen LogP) is 0.847. The number of ether oxygens (including phenoxy) is 1. The molecule has 0 aliphatic carbocycles. The summed E-state index contributed by atoms with van der Waals surface area (Å²) in [4.78, 5) is 0. The van der Waals surface area contributed by atoms with Crippen molar-refractivity contribution in [3.8, 4) is 0 Å². The first-order valence-electron chi connectivity index (χ1n) is 5.02. The number of hydrogen-bond donors (Lipinski definition) is 2. The summed E-state index contributed by atoms with van der Waals surface area (Å²) in [6, 6.07) is 6.08. The molecule has 0 radical (unpaired) electrons. The zero-order valence-corrected chi connectivity index (χ0v) is 8.32. The molecule has 82 valence electrons. The first kappa shape index (κ1) is 10.5. The van der Waals surface area contributed by atoms with Crippen molar-refractivity contribution in [1.29, 1.82) is 0 Å². The Labute approximate surface area is 87.9 Å². The Bertz CT molecular complexity index is 315. The van der Waals surface area contributed by atoms with Gasteiger partial charge in [0, 0.05) is 6.54 Å². The van der Waals surface area contributed by atoms with Crippen LogP contribution in [0, 0.1) is 5.82 Å². The number of aliphatic hydroxyl groups is 1. The van der Waals surface area contributed by atoms with Gasteiger partial charge in [-0.1, -0.05) is 12.1 Å². The Morgan fingerprint density at radius 1 is 1.40 bits per heavy atom. The van der Waals surface area contributed by atoms with Crippen LogP contribution in [0.2, 0.25) is 0 Å². The molecule has 15 heavy (non-hydrogen) atoms. The molecule has 1 fully saturated rings. The van der Waals surface area contributed by atoms with E-state index in [9.17, 15) is 4.39 Å². The minimum atomic E-state index is -0.261. The zero-order chi connectivity index (χ0) is 10.7. The Balaban J connectivity index is 2.16. The zero-order valence-electron chi connectivity index (χ0n) is 8.32. The first-order chi connectivity index (χ1) is 7.31. The third-order valence-electron chi connectivity index (χ3n) is 2.57. The maximum atomic E-state index is 12.7. The second-order valence-electron chi connectivity index (χ2n) is 3.59. The maximum Gasteiger partial charge on any atom is 0.123 e. The number of rotatable bonds is 2. The highest BCUT2D eigenvalue weighted by Gasteiger charge is 2.26. The van der Waals surface area contributed by atoms with Crippen LogP contribution in [0.5, 0.6) is 0 Å². The van der Waals surface area contributed by atoms with Crippen LogP contribution in [0.25, 0.3) is 0 Å². The molecule has 0 bridgehead atoms. The van der Waals surface area contributed by atoms with Crippen LogP contribution >= 0.6 is 0 Å². The molecular formula is C11H14FNO2. The summed E-state index contributed by atoms with van der Waals surface area (Å²) in [6.45, 7) is 1.36. The van der Waals surface area contributed by atoms with E-state index in [0.29, 0.717) is 6.61 Å². The number of morpholine rings is 1. The molecule has 2 N–H and O–H groups in total. The predicted molar refractivity (Wildman–Crippen MR) is 54.0 cm³/mol. The van der Waals surface area contributed by atoms with E-state index in [-0.39, 0.29) is 24.6 Å². The van der Waals surface area contributed by atoms with Gasteiger partial charge in [-0.25, -0.2) is 4.39 Å². The highest BCUT2D eigenvalue weighted by atomic mass is 19.1. The Kier molecular flexibility index (Phi) is 3.30.